The molecule has 2 aromatic heterocycles. The number of dihydropyridines is 1. The van der Waals surface area contributed by atoms with Crippen LogP contribution < -0.4 is 5.32 Å². The molecule has 1 saturated heterocycles. The molecule has 2 aromatic rings. The molecule has 1 saturated carbocycles. The minimum Gasteiger partial charge on any atom is -0.379 e. The number of nitrogens with one attached hydrogen (secondary N) is 1. The van der Waals surface area contributed by atoms with E-state index >= 15 is 0 Å². The molecular formula is C29H39N5O3S. The fourth-order valence-corrected chi connectivity index (χ4v) is 7.26. The first kappa shape index (κ1) is 27.1. The van der Waals surface area contributed by atoms with Gasteiger partial charge >= 0.3 is 0 Å². The predicted octanol–water partition coefficient (Wildman–Crippen LogP) is 4.39. The number of carbonyl (C=O) groups is 2. The van der Waals surface area contributed by atoms with Gasteiger partial charge in [0.2, 0.25) is 0 Å². The molecule has 3 aliphatic rings. The summed E-state index contributed by atoms with van der Waals surface area (Å²) in [4.78, 5) is 38.5. The number of amides is 2. The van der Waals surface area contributed by atoms with Gasteiger partial charge < -0.3 is 14.6 Å². The fraction of sp³-hybridized carbons (Fsp3) is 0.586. The molecule has 1 N–H and O–H groups in total. The Hall–Kier alpha value is -2.49. The van der Waals surface area contributed by atoms with E-state index in [9.17, 15) is 9.59 Å². The van der Waals surface area contributed by atoms with E-state index in [1.165, 1.54) is 37.4 Å². The summed E-state index contributed by atoms with van der Waals surface area (Å²) in [5.41, 5.74) is 3.14. The third-order valence-corrected chi connectivity index (χ3v) is 9.65. The third-order valence-electron chi connectivity index (χ3n) is 8.77. The molecule has 204 valence electrons. The van der Waals surface area contributed by atoms with Crippen LogP contribution in [0.15, 0.2) is 34.3 Å². The molecule has 0 aromatic carbocycles. The van der Waals surface area contributed by atoms with Gasteiger partial charge in [-0.2, -0.15) is 0 Å². The van der Waals surface area contributed by atoms with Crippen LogP contribution in [0.4, 0.5) is 0 Å². The lowest BCUT2D eigenvalue weighted by molar-refractivity contribution is -0.120. The highest BCUT2D eigenvalue weighted by Crippen LogP contribution is 2.39. The Bertz CT molecular complexity index is 1270. The van der Waals surface area contributed by atoms with Crippen molar-refractivity contribution in [2.75, 3.05) is 33.0 Å². The number of hydrogen-bond acceptors (Lipinski definition) is 6. The highest BCUT2D eigenvalue weighted by molar-refractivity contribution is 8.02. The van der Waals surface area contributed by atoms with Crippen LogP contribution in [0.25, 0.3) is 11.0 Å². The summed E-state index contributed by atoms with van der Waals surface area (Å²) < 4.78 is 7.73. The minimum absolute atomic E-state index is 0.167. The van der Waals surface area contributed by atoms with Crippen molar-refractivity contribution in [3.8, 4) is 0 Å². The number of ether oxygens (including phenoxy) is 1. The summed E-state index contributed by atoms with van der Waals surface area (Å²) in [5, 5.41) is 3.90. The summed E-state index contributed by atoms with van der Waals surface area (Å²) in [7, 11) is 1.80. The predicted molar refractivity (Wildman–Crippen MR) is 153 cm³/mol. The molecule has 2 aliphatic heterocycles. The first-order valence-corrected chi connectivity index (χ1v) is 14.9. The van der Waals surface area contributed by atoms with Gasteiger partial charge in [-0.15, -0.1) is 11.8 Å². The van der Waals surface area contributed by atoms with Crippen molar-refractivity contribution < 1.29 is 14.3 Å². The number of aliphatic imine (C=N–C) groups is 1. The summed E-state index contributed by atoms with van der Waals surface area (Å²) >= 11 is 1.53. The van der Waals surface area contributed by atoms with E-state index in [2.05, 4.69) is 26.7 Å². The third kappa shape index (κ3) is 5.08. The molecule has 1 aliphatic carbocycles. The van der Waals surface area contributed by atoms with Crippen molar-refractivity contribution in [2.24, 2.45) is 16.8 Å². The topological polar surface area (TPSA) is 88.8 Å². The second-order valence-electron chi connectivity index (χ2n) is 10.9. The van der Waals surface area contributed by atoms with Crippen molar-refractivity contribution >= 4 is 40.3 Å². The summed E-state index contributed by atoms with van der Waals surface area (Å²) in [6.07, 6.45) is 10.8. The van der Waals surface area contributed by atoms with Gasteiger partial charge in [-0.1, -0.05) is 0 Å². The van der Waals surface area contributed by atoms with Crippen LogP contribution in [0.2, 0.25) is 0 Å². The lowest BCUT2D eigenvalue weighted by atomic mass is 9.80. The molecule has 4 heterocycles. The number of allylic oxidation sites excluding steroid dienone is 1. The molecule has 2 fully saturated rings. The lowest BCUT2D eigenvalue weighted by Gasteiger charge is -2.46. The minimum atomic E-state index is -0.441. The van der Waals surface area contributed by atoms with E-state index in [1.807, 2.05) is 38.3 Å². The maximum absolute atomic E-state index is 13.6. The molecule has 5 rings (SSSR count). The standard InChI is InChI=1S/C29H39N5O3S/c1-17-13-25(38-5)24(28(35)32-17)14-31-29(36)26-19(3)34(27-23(26)7-6-12-30-27)18(2)20-8-10-21(11-9-20)33-15-22(16-33)37-4/h6-7,12-13,18,20-22,24H,8-11,14-16H2,1-5H3,(H,31,36)/t18-,20?,21?,24?/m1/s1. The van der Waals surface area contributed by atoms with Crippen molar-refractivity contribution in [2.45, 2.75) is 64.6 Å². The first-order valence-electron chi connectivity index (χ1n) is 13.7. The number of likely N-dealkylation sites (tertiary alicyclic amines) is 1. The maximum atomic E-state index is 13.6. The molecule has 8 nitrogen and oxygen atoms in total. The number of carbonyl (C=O) groups excluding carboxylic acids is 2. The van der Waals surface area contributed by atoms with E-state index < -0.39 is 5.92 Å². The van der Waals surface area contributed by atoms with Gasteiger partial charge in [-0.3, -0.25) is 14.5 Å². The average molecular weight is 538 g/mol. The molecule has 0 bridgehead atoms. The fourth-order valence-electron chi connectivity index (χ4n) is 6.50. The monoisotopic (exact) mass is 537 g/mol. The first-order chi connectivity index (χ1) is 18.3. The second-order valence-corrected chi connectivity index (χ2v) is 11.8. The Kier molecular flexibility index (Phi) is 8.07. The number of methoxy groups -OCH3 is 1. The van der Waals surface area contributed by atoms with Gasteiger partial charge in [-0.05, 0) is 76.8 Å². The van der Waals surface area contributed by atoms with Gasteiger partial charge in [-0.25, -0.2) is 9.98 Å². The average Bonchev–Trinajstić information content (AvgIpc) is 3.18. The number of aromatic nitrogens is 2. The van der Waals surface area contributed by atoms with E-state index in [0.717, 1.165) is 34.7 Å². The number of hydrogen-bond donors (Lipinski definition) is 1. The molecule has 1 unspecified atom stereocenters. The molecule has 0 spiro atoms. The quantitative estimate of drug-likeness (QED) is 0.537. The number of pyridine rings is 1. The Labute approximate surface area is 229 Å². The Morgan fingerprint density at radius 1 is 1.24 bits per heavy atom. The molecule has 2 amide bonds. The molecule has 38 heavy (non-hydrogen) atoms. The summed E-state index contributed by atoms with van der Waals surface area (Å²) in [6, 6.07) is 4.76. The zero-order chi connectivity index (χ0) is 27.0. The van der Waals surface area contributed by atoms with Crippen LogP contribution in [-0.4, -0.2) is 77.1 Å². The van der Waals surface area contributed by atoms with Crippen LogP contribution >= 0.6 is 11.8 Å². The van der Waals surface area contributed by atoms with Crippen LogP contribution in [0.5, 0.6) is 0 Å². The summed E-state index contributed by atoms with van der Waals surface area (Å²) in [5.74, 6) is -0.270. The second kappa shape index (κ2) is 11.3. The van der Waals surface area contributed by atoms with Crippen molar-refractivity contribution in [3.63, 3.8) is 0 Å². The van der Waals surface area contributed by atoms with E-state index in [4.69, 9.17) is 9.72 Å². The van der Waals surface area contributed by atoms with Gasteiger partial charge in [0.15, 0.2) is 0 Å². The zero-order valence-corrected chi connectivity index (χ0v) is 23.9. The number of nitrogens with zero attached hydrogens (tertiary/aromatic N) is 4. The number of thioether (sulfide) groups is 1. The van der Waals surface area contributed by atoms with Gasteiger partial charge in [0.1, 0.15) is 5.65 Å². The largest absolute Gasteiger partial charge is 0.379 e. The van der Waals surface area contributed by atoms with Crippen molar-refractivity contribution in [3.05, 3.63) is 40.6 Å². The van der Waals surface area contributed by atoms with Crippen molar-refractivity contribution in [1.82, 2.24) is 19.8 Å². The van der Waals surface area contributed by atoms with E-state index in [-0.39, 0.29) is 24.4 Å². The highest BCUT2D eigenvalue weighted by atomic mass is 32.2. The lowest BCUT2D eigenvalue weighted by Crippen LogP contribution is -2.56. The van der Waals surface area contributed by atoms with Gasteiger partial charge in [0, 0.05) is 66.7 Å². The van der Waals surface area contributed by atoms with Crippen LogP contribution in [0, 0.1) is 18.8 Å². The van der Waals surface area contributed by atoms with Crippen LogP contribution in [0.1, 0.15) is 61.6 Å². The Morgan fingerprint density at radius 2 is 1.97 bits per heavy atom. The highest BCUT2D eigenvalue weighted by Gasteiger charge is 2.36. The smallest absolute Gasteiger partial charge is 0.255 e. The molecule has 9 heteroatoms. The molecule has 0 radical (unpaired) electrons. The van der Waals surface area contributed by atoms with Gasteiger partial charge in [0.25, 0.3) is 11.8 Å². The zero-order valence-electron chi connectivity index (χ0n) is 23.1. The Balaban J connectivity index is 1.32. The number of fused-ring (bicyclic) bond motifs is 1. The maximum Gasteiger partial charge on any atom is 0.255 e. The van der Waals surface area contributed by atoms with E-state index in [0.29, 0.717) is 29.3 Å². The van der Waals surface area contributed by atoms with Crippen LogP contribution in [0.3, 0.4) is 0 Å². The van der Waals surface area contributed by atoms with Crippen LogP contribution in [-0.2, 0) is 9.53 Å². The summed E-state index contributed by atoms with van der Waals surface area (Å²) in [6.45, 7) is 8.46. The van der Waals surface area contributed by atoms with E-state index in [1.54, 1.807) is 13.3 Å². The van der Waals surface area contributed by atoms with Crippen molar-refractivity contribution in [1.29, 1.82) is 0 Å². The molecule has 2 atom stereocenters. The SMILES string of the molecule is COC1CN(C2CCC([C@@H](C)n3c(C)c(C(=O)NCC4C(=O)N=C(C)C=C4SC)c4cccnc43)CC2)C1. The normalized spacial score (nSPS) is 25.6. The Morgan fingerprint density at radius 3 is 2.66 bits per heavy atom. The van der Waals surface area contributed by atoms with Gasteiger partial charge in [0.05, 0.1) is 17.6 Å². The number of rotatable bonds is 8. The molecular weight excluding hydrogens is 498 g/mol.